The Morgan fingerprint density at radius 1 is 0.787 bits per heavy atom. The number of imidazole rings is 1. The summed E-state index contributed by atoms with van der Waals surface area (Å²) in [5, 5.41) is 39.4. The number of unbranched alkanes of at least 4 members (excludes halogenated alkanes) is 1. The van der Waals surface area contributed by atoms with E-state index in [-0.39, 0.29) is 63.1 Å². The van der Waals surface area contributed by atoms with Crippen LogP contribution in [0, 0.1) is 0 Å². The van der Waals surface area contributed by atoms with Crippen LogP contribution in [0.25, 0.3) is 10.8 Å². The average Bonchev–Trinajstić information content (AvgIpc) is 4.13. The molecule has 7 amide bonds. The topological polar surface area (TPSA) is 417 Å². The number of carbonyl (C=O) groups excluding carboxylic acids is 7. The number of guanidine groups is 1. The SMILES string of the molecule is CSCC[C@H](NC(=O)[C@@H]1Cc2cn(nn2)C[C@H](NC(=O)[C@@H](N)CCCCN)C(=O)N[C@@H](Cc2cnc[nH]2)C(=O)N[C@H](Cc2ccccc2)C(=O)N[C@@H](CCCN=C(N)N)C(=O)N[C@@H](Cc2ccc3ccccc3c2)C(=O)N1)C(=O)O. The zero-order chi connectivity index (χ0) is 57.6. The number of nitrogens with one attached hydrogen (secondary N) is 8. The third-order valence-corrected chi connectivity index (χ3v) is 13.8. The van der Waals surface area contributed by atoms with Gasteiger partial charge in [-0.05, 0) is 72.6 Å². The molecule has 3 aromatic carbocycles. The van der Waals surface area contributed by atoms with E-state index in [0.717, 1.165) is 10.8 Å². The Balaban J connectivity index is 1.47. The molecule has 2 aromatic heterocycles. The lowest BCUT2D eigenvalue weighted by Gasteiger charge is -2.28. The number of aromatic amines is 1. The number of carbonyl (C=O) groups is 8. The zero-order valence-electron chi connectivity index (χ0n) is 44.3. The van der Waals surface area contributed by atoms with Crippen LogP contribution in [0.5, 0.6) is 0 Å². The number of carboxylic acid groups (broad SMARTS) is 1. The molecule has 0 fully saturated rings. The smallest absolute Gasteiger partial charge is 0.326 e. The molecule has 6 rings (SSSR count). The molecule has 0 spiro atoms. The molecule has 8 atom stereocenters. The second kappa shape index (κ2) is 30.6. The first-order valence-electron chi connectivity index (χ1n) is 26.2. The fourth-order valence-electron chi connectivity index (χ4n) is 8.83. The molecular weight excluding hydrogens is 1050 g/mol. The molecule has 5 aromatic rings. The minimum Gasteiger partial charge on any atom is -0.480 e. The van der Waals surface area contributed by atoms with E-state index in [4.69, 9.17) is 22.9 Å². The van der Waals surface area contributed by atoms with Crippen molar-refractivity contribution in [3.8, 4) is 0 Å². The van der Waals surface area contributed by atoms with E-state index < -0.39 is 109 Å². The number of benzene rings is 3. The van der Waals surface area contributed by atoms with Crippen LogP contribution in [0.1, 0.15) is 61.0 Å². The van der Waals surface area contributed by atoms with Gasteiger partial charge in [0.05, 0.1) is 24.6 Å². The molecular formula is C53H71N17O9S. The highest BCUT2D eigenvalue weighted by molar-refractivity contribution is 7.98. The standard InChI is InChI=1S/C53H71N17O9S/c1-80-21-18-39(52(78)79)62-49(75)43-26-36-28-70(69-68-36)29-44(67-45(71)37(55)14-7-8-19-54)51(77)66-42(25-35-27-58-30-60-35)50(76)64-40(23-31-10-3-2-4-11-31)47(73)61-38(15-9-20-59-53(56)57)46(72)63-41(48(74)65-43)24-32-16-17-33-12-5-6-13-34(33)22-32/h2-6,10-13,16-17,22,27-28,30,37-44H,7-9,14-15,18-21,23-26,29,54-55H2,1H3,(H,58,60)(H,61,73)(H,62,75)(H,63,72)(H,64,76)(H,65,74)(H,66,77)(H,67,71)(H,78,79)(H4,56,57,59)/t37-,38-,39-,40+,41-,42-,43-,44-/m0/s1. The van der Waals surface area contributed by atoms with Crippen molar-refractivity contribution in [2.45, 2.75) is 119 Å². The van der Waals surface area contributed by atoms with Gasteiger partial charge in [0.15, 0.2) is 5.96 Å². The molecule has 1 aliphatic rings. The maximum absolute atomic E-state index is 14.9. The third-order valence-electron chi connectivity index (χ3n) is 13.2. The number of aliphatic imine (C=N–C) groups is 1. The quantitative estimate of drug-likeness (QED) is 0.0206. The number of nitrogens with zero attached hydrogens (tertiary/aromatic N) is 5. The van der Waals surface area contributed by atoms with Crippen LogP contribution in [0.2, 0.25) is 0 Å². The van der Waals surface area contributed by atoms with Crippen LogP contribution in [-0.2, 0) is 70.6 Å². The highest BCUT2D eigenvalue weighted by atomic mass is 32.2. The highest BCUT2D eigenvalue weighted by Gasteiger charge is 2.36. The molecule has 27 heteroatoms. The lowest BCUT2D eigenvalue weighted by atomic mass is 9.99. The van der Waals surface area contributed by atoms with Gasteiger partial charge in [-0.2, -0.15) is 11.8 Å². The summed E-state index contributed by atoms with van der Waals surface area (Å²) < 4.78 is 1.21. The van der Waals surface area contributed by atoms with Gasteiger partial charge in [0.1, 0.15) is 42.3 Å². The van der Waals surface area contributed by atoms with Crippen LogP contribution in [-0.4, -0.2) is 157 Å². The summed E-state index contributed by atoms with van der Waals surface area (Å²) in [6.45, 7) is 0.00860. The molecule has 17 N–H and O–H groups in total. The van der Waals surface area contributed by atoms with E-state index in [1.54, 1.807) is 42.7 Å². The van der Waals surface area contributed by atoms with Crippen LogP contribution in [0.4, 0.5) is 0 Å². The monoisotopic (exact) mass is 1120 g/mol. The Bertz CT molecular complexity index is 2920. The van der Waals surface area contributed by atoms with Crippen molar-refractivity contribution >= 4 is 75.8 Å². The van der Waals surface area contributed by atoms with Gasteiger partial charge < -0.3 is 70.2 Å². The van der Waals surface area contributed by atoms with E-state index in [9.17, 15) is 43.5 Å². The number of aromatic nitrogens is 5. The number of aliphatic carboxylic acids is 1. The van der Waals surface area contributed by atoms with E-state index in [2.05, 4.69) is 62.5 Å². The zero-order valence-corrected chi connectivity index (χ0v) is 45.2. The molecule has 0 unspecified atom stereocenters. The lowest BCUT2D eigenvalue weighted by Crippen LogP contribution is -2.61. The number of hydrogen-bond acceptors (Lipinski definition) is 15. The van der Waals surface area contributed by atoms with Crippen molar-refractivity contribution in [2.24, 2.45) is 27.9 Å². The molecule has 428 valence electrons. The third kappa shape index (κ3) is 18.9. The van der Waals surface area contributed by atoms with Gasteiger partial charge in [-0.1, -0.05) is 84.4 Å². The van der Waals surface area contributed by atoms with Gasteiger partial charge in [0.2, 0.25) is 41.4 Å². The van der Waals surface area contributed by atoms with Gasteiger partial charge >= 0.3 is 5.97 Å². The fraction of sp³-hybridized carbons (Fsp3) is 0.434. The Labute approximate surface area is 465 Å². The summed E-state index contributed by atoms with van der Waals surface area (Å²) in [5.74, 6) is -6.99. The number of fused-ring (bicyclic) bond motifs is 3. The number of hydrogen-bond donors (Lipinski definition) is 13. The summed E-state index contributed by atoms with van der Waals surface area (Å²) in [6.07, 6.45) is 6.61. The Morgan fingerprint density at radius 2 is 1.44 bits per heavy atom. The summed E-state index contributed by atoms with van der Waals surface area (Å²) in [4.78, 5) is 125. The molecule has 80 heavy (non-hydrogen) atoms. The second-order valence-electron chi connectivity index (χ2n) is 19.4. The van der Waals surface area contributed by atoms with Crippen LogP contribution in [0.15, 0.2) is 96.5 Å². The maximum Gasteiger partial charge on any atom is 0.326 e. The van der Waals surface area contributed by atoms with Gasteiger partial charge in [0.25, 0.3) is 0 Å². The first kappa shape index (κ1) is 60.8. The van der Waals surface area contributed by atoms with E-state index in [1.807, 2.05) is 36.4 Å². The van der Waals surface area contributed by atoms with E-state index in [0.29, 0.717) is 42.0 Å². The van der Waals surface area contributed by atoms with Gasteiger partial charge in [-0.25, -0.2) is 14.5 Å². The average molecular weight is 1120 g/mol. The summed E-state index contributed by atoms with van der Waals surface area (Å²) in [7, 11) is 0. The summed E-state index contributed by atoms with van der Waals surface area (Å²) >= 11 is 1.37. The lowest BCUT2D eigenvalue weighted by molar-refractivity contribution is -0.142. The van der Waals surface area contributed by atoms with Gasteiger partial charge in [0, 0.05) is 50.3 Å². The maximum atomic E-state index is 14.9. The predicted molar refractivity (Wildman–Crippen MR) is 299 cm³/mol. The minimum atomic E-state index is -1.55. The van der Waals surface area contributed by atoms with Gasteiger partial charge in [-0.15, -0.1) is 5.10 Å². The Kier molecular flexibility index (Phi) is 23.3. The normalized spacial score (nSPS) is 20.3. The molecule has 0 saturated heterocycles. The molecule has 26 nitrogen and oxygen atoms in total. The predicted octanol–water partition coefficient (Wildman–Crippen LogP) is -1.82. The van der Waals surface area contributed by atoms with Crippen molar-refractivity contribution in [3.05, 3.63) is 114 Å². The second-order valence-corrected chi connectivity index (χ2v) is 20.4. The van der Waals surface area contributed by atoms with Crippen LogP contribution >= 0.6 is 11.8 Å². The van der Waals surface area contributed by atoms with E-state index >= 15 is 0 Å². The van der Waals surface area contributed by atoms with Crippen LogP contribution in [0.3, 0.4) is 0 Å². The molecule has 3 heterocycles. The highest BCUT2D eigenvalue weighted by Crippen LogP contribution is 2.18. The molecule has 0 aliphatic carbocycles. The fourth-order valence-corrected chi connectivity index (χ4v) is 9.31. The number of carboxylic acids is 1. The molecule has 1 aliphatic heterocycles. The van der Waals surface area contributed by atoms with Crippen molar-refractivity contribution in [1.82, 2.24) is 62.2 Å². The minimum absolute atomic E-state index is 0.0396. The van der Waals surface area contributed by atoms with Crippen molar-refractivity contribution in [1.29, 1.82) is 0 Å². The molecule has 0 radical (unpaired) electrons. The largest absolute Gasteiger partial charge is 0.480 e. The van der Waals surface area contributed by atoms with E-state index in [1.165, 1.54) is 35.2 Å². The summed E-state index contributed by atoms with van der Waals surface area (Å²) in [6, 6.07) is 10.6. The number of nitrogens with two attached hydrogens (primary N) is 4. The Hall–Kier alpha value is -8.43. The first-order chi connectivity index (χ1) is 38.5. The van der Waals surface area contributed by atoms with Gasteiger partial charge in [-0.3, -0.25) is 38.6 Å². The van der Waals surface area contributed by atoms with Crippen molar-refractivity contribution in [3.63, 3.8) is 0 Å². The first-order valence-corrected chi connectivity index (χ1v) is 27.6. The number of amides is 7. The summed E-state index contributed by atoms with van der Waals surface area (Å²) in [5.41, 5.74) is 24.9. The molecule has 2 bridgehead atoms. The van der Waals surface area contributed by atoms with Crippen molar-refractivity contribution in [2.75, 3.05) is 25.1 Å². The van der Waals surface area contributed by atoms with Crippen LogP contribution < -0.4 is 60.2 Å². The molecule has 0 saturated carbocycles. The van der Waals surface area contributed by atoms with Crippen molar-refractivity contribution < 1.29 is 43.5 Å². The number of rotatable bonds is 22. The number of thioether (sulfide) groups is 1. The Morgan fingerprint density at radius 3 is 2.11 bits per heavy atom. The number of H-pyrrole nitrogens is 1.